The summed E-state index contributed by atoms with van der Waals surface area (Å²) in [5.74, 6) is 0. The zero-order valence-corrected chi connectivity index (χ0v) is 13.2. The van der Waals surface area contributed by atoms with Crippen molar-refractivity contribution in [1.29, 1.82) is 0 Å². The Labute approximate surface area is 129 Å². The first-order chi connectivity index (χ1) is 9.42. The van der Waals surface area contributed by atoms with Crippen LogP contribution in [-0.2, 0) is 6.54 Å². The number of fused-ring (bicyclic) bond motifs is 1. The lowest BCUT2D eigenvalue weighted by atomic mass is 10.0. The fraction of sp³-hybridized carbons (Fsp3) is 0.444. The Hall–Kier alpha value is -1.05. The van der Waals surface area contributed by atoms with Crippen molar-refractivity contribution in [2.75, 3.05) is 6.54 Å². The van der Waals surface area contributed by atoms with Gasteiger partial charge >= 0.3 is 0 Å². The molecule has 2 aromatic rings. The molecule has 1 nitrogen and oxygen atoms in total. The third kappa shape index (κ3) is 5.15. The summed E-state index contributed by atoms with van der Waals surface area (Å²) in [5.41, 5.74) is 1.41. The van der Waals surface area contributed by atoms with Crippen molar-refractivity contribution in [2.45, 2.75) is 45.6 Å². The predicted molar refractivity (Wildman–Crippen MR) is 91.7 cm³/mol. The third-order valence-corrected chi connectivity index (χ3v) is 3.65. The summed E-state index contributed by atoms with van der Waals surface area (Å²) in [4.78, 5) is 0. The van der Waals surface area contributed by atoms with Crippen molar-refractivity contribution < 1.29 is 0 Å². The zero-order valence-electron chi connectivity index (χ0n) is 12.4. The minimum Gasteiger partial charge on any atom is -0.313 e. The summed E-state index contributed by atoms with van der Waals surface area (Å²) in [6.07, 6.45) is 6.74. The van der Waals surface area contributed by atoms with Gasteiger partial charge in [-0.05, 0) is 29.3 Å². The average Bonchev–Trinajstić information content (AvgIpc) is 2.46. The molecule has 0 heterocycles. The molecule has 0 amide bonds. The largest absolute Gasteiger partial charge is 0.313 e. The first-order valence-corrected chi connectivity index (χ1v) is 7.59. The summed E-state index contributed by atoms with van der Waals surface area (Å²) >= 11 is 0. The standard InChI is InChI=1S/C18H25N.ClH/c1-2-3-4-5-8-14-19-15-17-12-9-11-16-10-6-7-13-18(16)17;/h6-7,9-13,19H,2-5,8,14-15H2,1H3;1H. The molecule has 0 aliphatic rings. The summed E-state index contributed by atoms with van der Waals surface area (Å²) < 4.78 is 0. The minimum atomic E-state index is 0. The smallest absolute Gasteiger partial charge is 0.0211 e. The molecular formula is C18H26ClN. The SMILES string of the molecule is CCCCCCCNCc1cccc2ccccc12.Cl. The van der Waals surface area contributed by atoms with Gasteiger partial charge in [0.05, 0.1) is 0 Å². The second-order valence-electron chi connectivity index (χ2n) is 5.23. The van der Waals surface area contributed by atoms with Gasteiger partial charge in [0, 0.05) is 6.54 Å². The number of hydrogen-bond acceptors (Lipinski definition) is 1. The van der Waals surface area contributed by atoms with Gasteiger partial charge in [-0.15, -0.1) is 12.4 Å². The third-order valence-electron chi connectivity index (χ3n) is 3.65. The second-order valence-corrected chi connectivity index (χ2v) is 5.23. The topological polar surface area (TPSA) is 12.0 Å². The van der Waals surface area contributed by atoms with Gasteiger partial charge in [0.2, 0.25) is 0 Å². The highest BCUT2D eigenvalue weighted by Gasteiger charge is 1.99. The molecule has 0 spiro atoms. The Morgan fingerprint density at radius 3 is 2.45 bits per heavy atom. The molecule has 0 fully saturated rings. The predicted octanol–water partition coefficient (Wildman–Crippen LogP) is 5.32. The van der Waals surface area contributed by atoms with Crippen molar-refractivity contribution in [1.82, 2.24) is 5.32 Å². The van der Waals surface area contributed by atoms with E-state index in [0.717, 1.165) is 13.1 Å². The van der Waals surface area contributed by atoms with Gasteiger partial charge in [0.25, 0.3) is 0 Å². The van der Waals surface area contributed by atoms with Gasteiger partial charge in [-0.1, -0.05) is 75.1 Å². The maximum Gasteiger partial charge on any atom is 0.0211 e. The Morgan fingerprint density at radius 2 is 1.60 bits per heavy atom. The zero-order chi connectivity index (χ0) is 13.3. The maximum absolute atomic E-state index is 3.57. The fourth-order valence-corrected chi connectivity index (χ4v) is 2.52. The number of benzene rings is 2. The molecule has 20 heavy (non-hydrogen) atoms. The highest BCUT2D eigenvalue weighted by atomic mass is 35.5. The van der Waals surface area contributed by atoms with Crippen LogP contribution in [0.15, 0.2) is 42.5 Å². The molecule has 0 aliphatic carbocycles. The van der Waals surface area contributed by atoms with E-state index in [2.05, 4.69) is 54.7 Å². The lowest BCUT2D eigenvalue weighted by molar-refractivity contribution is 0.584. The quantitative estimate of drug-likeness (QED) is 0.649. The molecule has 0 saturated carbocycles. The van der Waals surface area contributed by atoms with Crippen molar-refractivity contribution in [3.05, 3.63) is 48.0 Å². The van der Waals surface area contributed by atoms with E-state index in [9.17, 15) is 0 Å². The second kappa shape index (κ2) is 9.79. The number of unbranched alkanes of at least 4 members (excludes halogenated alkanes) is 4. The van der Waals surface area contributed by atoms with E-state index in [4.69, 9.17) is 0 Å². The van der Waals surface area contributed by atoms with Crippen molar-refractivity contribution in [3.8, 4) is 0 Å². The highest BCUT2D eigenvalue weighted by molar-refractivity contribution is 5.85. The van der Waals surface area contributed by atoms with Crippen LogP contribution >= 0.6 is 12.4 Å². The van der Waals surface area contributed by atoms with Crippen LogP contribution in [0.25, 0.3) is 10.8 Å². The van der Waals surface area contributed by atoms with Crippen LogP contribution in [0.1, 0.15) is 44.6 Å². The lowest BCUT2D eigenvalue weighted by Crippen LogP contribution is -2.14. The lowest BCUT2D eigenvalue weighted by Gasteiger charge is -2.08. The molecule has 0 saturated heterocycles. The monoisotopic (exact) mass is 291 g/mol. The number of halogens is 1. The Balaban J connectivity index is 0.00000200. The molecule has 1 N–H and O–H groups in total. The Morgan fingerprint density at radius 1 is 0.850 bits per heavy atom. The molecule has 0 aromatic heterocycles. The average molecular weight is 292 g/mol. The van der Waals surface area contributed by atoms with Gasteiger partial charge < -0.3 is 5.32 Å². The van der Waals surface area contributed by atoms with Gasteiger partial charge in [-0.25, -0.2) is 0 Å². The van der Waals surface area contributed by atoms with Gasteiger partial charge in [0.15, 0.2) is 0 Å². The Kier molecular flexibility index (Phi) is 8.32. The van der Waals surface area contributed by atoms with E-state index >= 15 is 0 Å². The molecule has 0 unspecified atom stereocenters. The van der Waals surface area contributed by atoms with E-state index in [1.807, 2.05) is 0 Å². The first-order valence-electron chi connectivity index (χ1n) is 7.59. The molecule has 0 radical (unpaired) electrons. The molecule has 0 aliphatic heterocycles. The molecule has 2 aromatic carbocycles. The number of nitrogens with one attached hydrogen (secondary N) is 1. The molecular weight excluding hydrogens is 266 g/mol. The first kappa shape index (κ1) is 17.0. The normalized spacial score (nSPS) is 10.4. The van der Waals surface area contributed by atoms with Gasteiger partial charge in [0.1, 0.15) is 0 Å². The van der Waals surface area contributed by atoms with Crippen molar-refractivity contribution in [3.63, 3.8) is 0 Å². The summed E-state index contributed by atoms with van der Waals surface area (Å²) in [5, 5.41) is 6.29. The Bertz CT molecular complexity index is 490. The van der Waals surface area contributed by atoms with Crippen LogP contribution in [0.2, 0.25) is 0 Å². The van der Waals surface area contributed by atoms with Crippen LogP contribution in [-0.4, -0.2) is 6.54 Å². The summed E-state index contributed by atoms with van der Waals surface area (Å²) in [6.45, 7) is 4.38. The molecule has 2 heteroatoms. The van der Waals surface area contributed by atoms with Crippen molar-refractivity contribution in [2.24, 2.45) is 0 Å². The number of rotatable bonds is 8. The van der Waals surface area contributed by atoms with Crippen LogP contribution < -0.4 is 5.32 Å². The van der Waals surface area contributed by atoms with E-state index in [1.165, 1.54) is 48.4 Å². The van der Waals surface area contributed by atoms with Crippen LogP contribution in [0.5, 0.6) is 0 Å². The highest BCUT2D eigenvalue weighted by Crippen LogP contribution is 2.18. The molecule has 2 rings (SSSR count). The molecule has 0 atom stereocenters. The summed E-state index contributed by atoms with van der Waals surface area (Å²) in [7, 11) is 0. The number of hydrogen-bond donors (Lipinski definition) is 1. The van der Waals surface area contributed by atoms with E-state index in [1.54, 1.807) is 0 Å². The van der Waals surface area contributed by atoms with Crippen LogP contribution in [0, 0.1) is 0 Å². The van der Waals surface area contributed by atoms with Crippen LogP contribution in [0.3, 0.4) is 0 Å². The molecule has 0 bridgehead atoms. The van der Waals surface area contributed by atoms with Gasteiger partial charge in [-0.2, -0.15) is 0 Å². The fourth-order valence-electron chi connectivity index (χ4n) is 2.52. The van der Waals surface area contributed by atoms with Crippen molar-refractivity contribution >= 4 is 23.2 Å². The van der Waals surface area contributed by atoms with E-state index < -0.39 is 0 Å². The van der Waals surface area contributed by atoms with E-state index in [-0.39, 0.29) is 12.4 Å². The maximum atomic E-state index is 3.57. The minimum absolute atomic E-state index is 0. The van der Waals surface area contributed by atoms with E-state index in [0.29, 0.717) is 0 Å². The summed E-state index contributed by atoms with van der Waals surface area (Å²) in [6, 6.07) is 15.2. The van der Waals surface area contributed by atoms with Crippen LogP contribution in [0.4, 0.5) is 0 Å². The van der Waals surface area contributed by atoms with Gasteiger partial charge in [-0.3, -0.25) is 0 Å². The molecule has 110 valence electrons.